The molecule has 1 saturated heterocycles. The minimum atomic E-state index is 0.193. The lowest BCUT2D eigenvalue weighted by Crippen LogP contribution is -2.45. The molecule has 7 nitrogen and oxygen atoms in total. The maximum Gasteiger partial charge on any atom is 0.222 e. The highest BCUT2D eigenvalue weighted by Crippen LogP contribution is 2.22. The van der Waals surface area contributed by atoms with Crippen LogP contribution in [-0.4, -0.2) is 47.8 Å². The Morgan fingerprint density at radius 1 is 1.32 bits per heavy atom. The molecule has 1 fully saturated rings. The van der Waals surface area contributed by atoms with Crippen LogP contribution in [0.4, 0.5) is 17.5 Å². The van der Waals surface area contributed by atoms with Crippen molar-refractivity contribution in [2.24, 2.45) is 4.99 Å². The van der Waals surface area contributed by atoms with E-state index >= 15 is 0 Å². The molecule has 0 saturated carbocycles. The molecule has 0 radical (unpaired) electrons. The average Bonchev–Trinajstić information content (AvgIpc) is 2.52. The van der Waals surface area contributed by atoms with E-state index in [2.05, 4.69) is 31.5 Å². The molecule has 22 heavy (non-hydrogen) atoms. The van der Waals surface area contributed by atoms with Crippen LogP contribution in [0.2, 0.25) is 0 Å². The molecule has 4 N–H and O–H groups in total. The Morgan fingerprint density at radius 2 is 2.00 bits per heavy atom. The summed E-state index contributed by atoms with van der Waals surface area (Å²) in [5.41, 5.74) is 13.4. The lowest BCUT2D eigenvalue weighted by Gasteiger charge is -2.37. The minimum absolute atomic E-state index is 0.193. The molecule has 8 heteroatoms. The number of aromatic nitrogens is 2. The van der Waals surface area contributed by atoms with Crippen LogP contribution in [0.15, 0.2) is 34.2 Å². The number of hydrogen-bond donors (Lipinski definition) is 2. The summed E-state index contributed by atoms with van der Waals surface area (Å²) in [6.45, 7) is 8.83. The fourth-order valence-corrected chi connectivity index (χ4v) is 2.36. The molecule has 0 aliphatic carbocycles. The van der Waals surface area contributed by atoms with Gasteiger partial charge < -0.3 is 21.3 Å². The number of anilines is 3. The van der Waals surface area contributed by atoms with E-state index in [0.717, 1.165) is 37.6 Å². The second-order valence-corrected chi connectivity index (χ2v) is 5.32. The van der Waals surface area contributed by atoms with Crippen LogP contribution >= 0.6 is 11.6 Å². The smallest absolute Gasteiger partial charge is 0.222 e. The van der Waals surface area contributed by atoms with Crippen molar-refractivity contribution in [3.63, 3.8) is 0 Å². The van der Waals surface area contributed by atoms with Gasteiger partial charge in [0, 0.05) is 31.9 Å². The summed E-state index contributed by atoms with van der Waals surface area (Å²) in [5, 5.41) is 0.379. The SMILES string of the molecule is C=N/C(Cl)=C\C=C(/C)N1CCN(c2cnc(N)nc2N)CC1. The van der Waals surface area contributed by atoms with Gasteiger partial charge in [-0.15, -0.1) is 0 Å². The number of piperazine rings is 1. The van der Waals surface area contributed by atoms with Gasteiger partial charge in [-0.05, 0) is 25.8 Å². The Morgan fingerprint density at radius 3 is 2.59 bits per heavy atom. The minimum Gasteiger partial charge on any atom is -0.382 e. The maximum absolute atomic E-state index is 5.91. The second kappa shape index (κ2) is 7.13. The average molecular weight is 322 g/mol. The van der Waals surface area contributed by atoms with Crippen LogP contribution in [0.1, 0.15) is 6.92 Å². The molecule has 0 amide bonds. The lowest BCUT2D eigenvalue weighted by atomic mass is 10.2. The predicted octanol–water partition coefficient (Wildman–Crippen LogP) is 1.45. The first-order valence-corrected chi connectivity index (χ1v) is 7.27. The van der Waals surface area contributed by atoms with Gasteiger partial charge in [-0.2, -0.15) is 4.98 Å². The highest BCUT2D eigenvalue weighted by atomic mass is 35.5. The zero-order valence-electron chi connectivity index (χ0n) is 12.5. The molecule has 0 bridgehead atoms. The summed E-state index contributed by atoms with van der Waals surface area (Å²) >= 11 is 5.80. The third-order valence-corrected chi connectivity index (χ3v) is 3.79. The molecule has 1 aromatic heterocycles. The zero-order valence-corrected chi connectivity index (χ0v) is 13.3. The van der Waals surface area contributed by atoms with Gasteiger partial charge in [-0.1, -0.05) is 11.6 Å². The fraction of sp³-hybridized carbons (Fsp3) is 0.357. The number of nitrogens with two attached hydrogens (primary N) is 2. The molecule has 2 rings (SSSR count). The second-order valence-electron chi connectivity index (χ2n) is 4.93. The van der Waals surface area contributed by atoms with Gasteiger partial charge in [0.05, 0.1) is 11.9 Å². The normalized spacial score (nSPS) is 16.8. The Bertz CT molecular complexity index is 603. The van der Waals surface area contributed by atoms with E-state index in [1.54, 1.807) is 12.3 Å². The first-order valence-electron chi connectivity index (χ1n) is 6.90. The largest absolute Gasteiger partial charge is 0.382 e. The number of aliphatic imine (C=N–C) groups is 1. The third-order valence-electron chi connectivity index (χ3n) is 3.55. The van der Waals surface area contributed by atoms with Crippen molar-refractivity contribution in [2.45, 2.75) is 6.92 Å². The highest BCUT2D eigenvalue weighted by Gasteiger charge is 2.19. The molecule has 1 aromatic rings. The van der Waals surface area contributed by atoms with Crippen LogP contribution in [-0.2, 0) is 0 Å². The van der Waals surface area contributed by atoms with E-state index in [1.165, 1.54) is 0 Å². The molecule has 0 unspecified atom stereocenters. The van der Waals surface area contributed by atoms with E-state index < -0.39 is 0 Å². The van der Waals surface area contributed by atoms with E-state index in [1.807, 2.05) is 13.0 Å². The maximum atomic E-state index is 5.91. The molecule has 0 aromatic carbocycles. The first-order chi connectivity index (χ1) is 10.5. The quantitative estimate of drug-likeness (QED) is 0.495. The standard InChI is InChI=1S/C14H20ClN7/c1-10(3-4-12(15)18-2)21-5-7-22(8-6-21)11-9-19-14(17)20-13(11)16/h3-4,9H,2,5-8H2,1H3,(H4,16,17,19,20)/b10-3+,12-4-. The molecule has 1 aliphatic rings. The number of nitrogens with zero attached hydrogens (tertiary/aromatic N) is 5. The molecular formula is C14H20ClN7. The number of nitrogen functional groups attached to an aromatic ring is 2. The van der Waals surface area contributed by atoms with Gasteiger partial charge in [0.1, 0.15) is 5.16 Å². The summed E-state index contributed by atoms with van der Waals surface area (Å²) < 4.78 is 0. The van der Waals surface area contributed by atoms with Crippen molar-refractivity contribution in [1.29, 1.82) is 0 Å². The lowest BCUT2D eigenvalue weighted by molar-refractivity contribution is 0.322. The van der Waals surface area contributed by atoms with Gasteiger partial charge in [-0.3, -0.25) is 4.99 Å². The van der Waals surface area contributed by atoms with Crippen LogP contribution in [0.3, 0.4) is 0 Å². The molecule has 0 spiro atoms. The highest BCUT2D eigenvalue weighted by molar-refractivity contribution is 6.29. The van der Waals surface area contributed by atoms with E-state index in [4.69, 9.17) is 23.1 Å². The van der Waals surface area contributed by atoms with Gasteiger partial charge in [0.25, 0.3) is 0 Å². The first kappa shape index (κ1) is 16.1. The third kappa shape index (κ3) is 3.88. The van der Waals surface area contributed by atoms with Crippen molar-refractivity contribution in [3.05, 3.63) is 29.2 Å². The Hall–Kier alpha value is -2.28. The van der Waals surface area contributed by atoms with Gasteiger partial charge in [-0.25, -0.2) is 4.98 Å². The molecule has 1 aliphatic heterocycles. The van der Waals surface area contributed by atoms with Crippen LogP contribution in [0.25, 0.3) is 0 Å². The van der Waals surface area contributed by atoms with E-state index in [0.29, 0.717) is 11.0 Å². The summed E-state index contributed by atoms with van der Waals surface area (Å²) in [4.78, 5) is 16.1. The number of rotatable bonds is 4. The van der Waals surface area contributed by atoms with Crippen LogP contribution in [0.5, 0.6) is 0 Å². The number of halogens is 1. The number of allylic oxidation sites excluding steroid dienone is 3. The molecule has 118 valence electrons. The van der Waals surface area contributed by atoms with Crippen molar-refractivity contribution in [2.75, 3.05) is 42.5 Å². The molecule has 0 atom stereocenters. The summed E-state index contributed by atoms with van der Waals surface area (Å²) in [6.07, 6.45) is 5.35. The van der Waals surface area contributed by atoms with Crippen LogP contribution < -0.4 is 16.4 Å². The van der Waals surface area contributed by atoms with Crippen LogP contribution in [0, 0.1) is 0 Å². The predicted molar refractivity (Wildman–Crippen MR) is 91.9 cm³/mol. The Kier molecular flexibility index (Phi) is 5.21. The van der Waals surface area contributed by atoms with Crippen molar-refractivity contribution in [3.8, 4) is 0 Å². The van der Waals surface area contributed by atoms with E-state index in [-0.39, 0.29) is 5.95 Å². The van der Waals surface area contributed by atoms with E-state index in [9.17, 15) is 0 Å². The molecule has 2 heterocycles. The fourth-order valence-electron chi connectivity index (χ4n) is 2.29. The summed E-state index contributed by atoms with van der Waals surface area (Å²) in [6, 6.07) is 0. The zero-order chi connectivity index (χ0) is 16.1. The summed E-state index contributed by atoms with van der Waals surface area (Å²) in [7, 11) is 0. The molecular weight excluding hydrogens is 302 g/mol. The summed E-state index contributed by atoms with van der Waals surface area (Å²) in [5.74, 6) is 0.609. The van der Waals surface area contributed by atoms with Gasteiger partial charge in [0.2, 0.25) is 5.95 Å². The Balaban J connectivity index is 1.99. The number of hydrogen-bond acceptors (Lipinski definition) is 7. The monoisotopic (exact) mass is 321 g/mol. The van der Waals surface area contributed by atoms with Gasteiger partial charge in [0.15, 0.2) is 5.82 Å². The van der Waals surface area contributed by atoms with Crippen molar-refractivity contribution < 1.29 is 0 Å². The van der Waals surface area contributed by atoms with Gasteiger partial charge >= 0.3 is 0 Å². The van der Waals surface area contributed by atoms with Crippen molar-refractivity contribution in [1.82, 2.24) is 14.9 Å². The Labute approximate surface area is 135 Å². The van der Waals surface area contributed by atoms with Crippen molar-refractivity contribution >= 4 is 35.8 Å². The topological polar surface area (TPSA) is 96.7 Å².